The van der Waals surface area contributed by atoms with Crippen molar-refractivity contribution in [3.05, 3.63) is 16.0 Å². The lowest BCUT2D eigenvalue weighted by atomic mass is 10.4. The number of hydrogen-bond donors (Lipinski definition) is 1. The molecule has 0 aliphatic carbocycles. The number of thiophene rings is 1. The first-order valence-electron chi connectivity index (χ1n) is 4.75. The van der Waals surface area contributed by atoms with Crippen LogP contribution in [0, 0.1) is 6.92 Å². The molecular formula is C9H13Cl2NO3S2. The maximum absolute atomic E-state index is 11.8. The highest BCUT2D eigenvalue weighted by atomic mass is 35.5. The molecule has 0 radical (unpaired) electrons. The van der Waals surface area contributed by atoms with Crippen LogP contribution in [0.25, 0.3) is 0 Å². The molecule has 0 bridgehead atoms. The highest BCUT2D eigenvalue weighted by Gasteiger charge is 2.19. The Morgan fingerprint density at radius 2 is 2.24 bits per heavy atom. The van der Waals surface area contributed by atoms with Gasteiger partial charge in [-0.2, -0.15) is 0 Å². The minimum atomic E-state index is -3.53. The summed E-state index contributed by atoms with van der Waals surface area (Å²) in [5.41, 5.74) is 0.747. The van der Waals surface area contributed by atoms with Gasteiger partial charge in [0.15, 0.2) is 0 Å². The van der Waals surface area contributed by atoms with E-state index in [9.17, 15) is 8.42 Å². The molecule has 1 unspecified atom stereocenters. The summed E-state index contributed by atoms with van der Waals surface area (Å²) in [6, 6.07) is 1.54. The third kappa shape index (κ3) is 4.39. The first-order valence-corrected chi connectivity index (χ1v) is 7.87. The van der Waals surface area contributed by atoms with Gasteiger partial charge in [-0.1, -0.05) is 11.6 Å². The van der Waals surface area contributed by atoms with Gasteiger partial charge in [0.2, 0.25) is 10.0 Å². The molecule has 1 rings (SSSR count). The zero-order valence-corrected chi connectivity index (χ0v) is 12.5. The fourth-order valence-corrected chi connectivity index (χ4v) is 4.20. The highest BCUT2D eigenvalue weighted by Crippen LogP contribution is 2.29. The van der Waals surface area contributed by atoms with Crippen molar-refractivity contribution in [1.29, 1.82) is 0 Å². The van der Waals surface area contributed by atoms with Crippen molar-refractivity contribution in [3.63, 3.8) is 0 Å². The van der Waals surface area contributed by atoms with Gasteiger partial charge in [0.05, 0.1) is 16.3 Å². The first kappa shape index (κ1) is 15.2. The summed E-state index contributed by atoms with van der Waals surface area (Å²) in [4.78, 5) is 0. The van der Waals surface area contributed by atoms with Crippen LogP contribution in [0.3, 0.4) is 0 Å². The molecule has 0 aliphatic heterocycles. The molecule has 0 saturated heterocycles. The summed E-state index contributed by atoms with van der Waals surface area (Å²) >= 11 is 12.7. The van der Waals surface area contributed by atoms with Crippen LogP contribution >= 0.6 is 34.5 Å². The molecular weight excluding hydrogens is 305 g/mol. The van der Waals surface area contributed by atoms with Gasteiger partial charge in [0.25, 0.3) is 0 Å². The van der Waals surface area contributed by atoms with Crippen LogP contribution < -0.4 is 4.72 Å². The lowest BCUT2D eigenvalue weighted by Gasteiger charge is -2.09. The second kappa shape index (κ2) is 6.36. The normalized spacial score (nSPS) is 13.9. The molecule has 0 fully saturated rings. The lowest BCUT2D eigenvalue weighted by Crippen LogP contribution is -2.31. The predicted molar refractivity (Wildman–Crippen MR) is 70.8 cm³/mol. The number of hydrogen-bond acceptors (Lipinski definition) is 4. The van der Waals surface area contributed by atoms with Gasteiger partial charge in [0, 0.05) is 13.7 Å². The molecule has 0 aromatic carbocycles. The monoisotopic (exact) mass is 317 g/mol. The first-order chi connectivity index (χ1) is 7.86. The van der Waals surface area contributed by atoms with Crippen LogP contribution in [-0.4, -0.2) is 34.1 Å². The second-order valence-corrected chi connectivity index (χ2v) is 7.69. The van der Waals surface area contributed by atoms with Gasteiger partial charge in [0.1, 0.15) is 4.21 Å². The average molecular weight is 318 g/mol. The van der Waals surface area contributed by atoms with E-state index in [-0.39, 0.29) is 17.4 Å². The Bertz CT molecular complexity index is 453. The smallest absolute Gasteiger partial charge is 0.250 e. The fraction of sp³-hybridized carbons (Fsp3) is 0.556. The Hall–Kier alpha value is 0.150. The minimum Gasteiger partial charge on any atom is -0.383 e. The zero-order valence-electron chi connectivity index (χ0n) is 9.37. The van der Waals surface area contributed by atoms with Crippen LogP contribution in [0.1, 0.15) is 5.56 Å². The summed E-state index contributed by atoms with van der Waals surface area (Å²) in [5, 5.41) is -0.397. The van der Waals surface area contributed by atoms with Gasteiger partial charge < -0.3 is 4.74 Å². The van der Waals surface area contributed by atoms with Crippen molar-refractivity contribution in [2.75, 3.05) is 20.3 Å². The van der Waals surface area contributed by atoms with Crippen molar-refractivity contribution in [2.45, 2.75) is 16.5 Å². The number of ether oxygens (including phenoxy) is 1. The van der Waals surface area contributed by atoms with Crippen molar-refractivity contribution in [2.24, 2.45) is 0 Å². The number of methoxy groups -OCH3 is 1. The standard InChI is InChI=1S/C9H13Cl2NO3S2/c1-6-3-8(16-9(6)11)17(13,14)12-4-7(10)5-15-2/h3,7,12H,4-5H2,1-2H3. The minimum absolute atomic E-state index is 0.117. The lowest BCUT2D eigenvalue weighted by molar-refractivity contribution is 0.198. The summed E-state index contributed by atoms with van der Waals surface area (Å²) < 4.78 is 31.6. The number of sulfonamides is 1. The van der Waals surface area contributed by atoms with Gasteiger partial charge in [-0.15, -0.1) is 22.9 Å². The zero-order chi connectivity index (χ0) is 13.1. The third-order valence-corrected chi connectivity index (χ3v) is 5.67. The Kier molecular flexibility index (Phi) is 5.69. The molecule has 0 saturated carbocycles. The maximum atomic E-state index is 11.8. The molecule has 1 heterocycles. The summed E-state index contributed by atoms with van der Waals surface area (Å²) in [6.07, 6.45) is 0. The number of nitrogens with one attached hydrogen (secondary N) is 1. The van der Waals surface area contributed by atoms with E-state index in [1.54, 1.807) is 6.92 Å². The number of alkyl halides is 1. The number of rotatable bonds is 6. The summed E-state index contributed by atoms with van der Waals surface area (Å²) in [5.74, 6) is 0. The molecule has 1 atom stereocenters. The van der Waals surface area contributed by atoms with E-state index in [0.29, 0.717) is 4.34 Å². The molecule has 4 nitrogen and oxygen atoms in total. The Morgan fingerprint density at radius 3 is 2.71 bits per heavy atom. The molecule has 8 heteroatoms. The topological polar surface area (TPSA) is 55.4 Å². The number of halogens is 2. The van der Waals surface area contributed by atoms with Crippen LogP contribution in [0.5, 0.6) is 0 Å². The molecule has 0 spiro atoms. The van der Waals surface area contributed by atoms with Crippen LogP contribution in [-0.2, 0) is 14.8 Å². The van der Waals surface area contributed by atoms with Gasteiger partial charge in [-0.3, -0.25) is 0 Å². The third-order valence-electron chi connectivity index (χ3n) is 1.94. The molecule has 1 aromatic heterocycles. The SMILES string of the molecule is COCC(Cl)CNS(=O)(=O)c1cc(C)c(Cl)s1. The van der Waals surface area contributed by atoms with E-state index in [0.717, 1.165) is 16.9 Å². The molecule has 1 aromatic rings. The maximum Gasteiger partial charge on any atom is 0.250 e. The molecule has 0 aliphatic rings. The summed E-state index contributed by atoms with van der Waals surface area (Å²) in [6.45, 7) is 2.16. The van der Waals surface area contributed by atoms with Crippen molar-refractivity contribution in [1.82, 2.24) is 4.72 Å². The highest BCUT2D eigenvalue weighted by molar-refractivity contribution is 7.91. The average Bonchev–Trinajstić information content (AvgIpc) is 2.58. The van der Waals surface area contributed by atoms with Gasteiger partial charge in [-0.25, -0.2) is 13.1 Å². The second-order valence-electron chi connectivity index (χ2n) is 3.43. The quantitative estimate of drug-likeness (QED) is 0.819. The largest absolute Gasteiger partial charge is 0.383 e. The predicted octanol–water partition coefficient (Wildman–Crippen LogP) is 2.24. The van der Waals surface area contributed by atoms with Crippen LogP contribution in [0.2, 0.25) is 4.34 Å². The van der Waals surface area contributed by atoms with Crippen LogP contribution in [0.4, 0.5) is 0 Å². The van der Waals surface area contributed by atoms with E-state index in [4.69, 9.17) is 27.9 Å². The number of aryl methyl sites for hydroxylation is 1. The Labute approximate surface area is 115 Å². The van der Waals surface area contributed by atoms with Crippen molar-refractivity contribution < 1.29 is 13.2 Å². The summed E-state index contributed by atoms with van der Waals surface area (Å²) in [7, 11) is -2.03. The van der Waals surface area contributed by atoms with Crippen LogP contribution in [0.15, 0.2) is 10.3 Å². The molecule has 17 heavy (non-hydrogen) atoms. The fourth-order valence-electron chi connectivity index (χ4n) is 1.08. The van der Waals surface area contributed by atoms with Crippen molar-refractivity contribution >= 4 is 44.6 Å². The Balaban J connectivity index is 2.69. The van der Waals surface area contributed by atoms with E-state index in [2.05, 4.69) is 4.72 Å². The molecule has 98 valence electrons. The van der Waals surface area contributed by atoms with E-state index in [1.165, 1.54) is 13.2 Å². The van der Waals surface area contributed by atoms with Gasteiger partial charge >= 0.3 is 0 Å². The van der Waals surface area contributed by atoms with Crippen molar-refractivity contribution in [3.8, 4) is 0 Å². The Morgan fingerprint density at radius 1 is 1.59 bits per heavy atom. The van der Waals surface area contributed by atoms with E-state index in [1.807, 2.05) is 0 Å². The van der Waals surface area contributed by atoms with E-state index < -0.39 is 15.4 Å². The van der Waals surface area contributed by atoms with E-state index >= 15 is 0 Å². The molecule has 1 N–H and O–H groups in total. The van der Waals surface area contributed by atoms with Gasteiger partial charge in [-0.05, 0) is 18.6 Å². The molecule has 0 amide bonds.